The van der Waals surface area contributed by atoms with Crippen LogP contribution in [-0.2, 0) is 22.5 Å². The van der Waals surface area contributed by atoms with Crippen LogP contribution in [-0.4, -0.2) is 42.4 Å². The van der Waals surface area contributed by atoms with Gasteiger partial charge in [0.15, 0.2) is 0 Å². The molecule has 0 radical (unpaired) electrons. The van der Waals surface area contributed by atoms with Gasteiger partial charge < -0.3 is 0 Å². The Morgan fingerprint density at radius 2 is 1.63 bits per heavy atom. The molecule has 0 fully saturated rings. The largest absolute Gasteiger partial charge is 0.295 e. The molecule has 0 aliphatic carbocycles. The van der Waals surface area contributed by atoms with E-state index in [2.05, 4.69) is 9.19 Å². The van der Waals surface area contributed by atoms with Gasteiger partial charge in [0.05, 0.1) is 0 Å². The summed E-state index contributed by atoms with van der Waals surface area (Å²) in [5.74, 6) is -0.294. The van der Waals surface area contributed by atoms with Crippen molar-refractivity contribution in [3.05, 3.63) is 66.7 Å². The minimum Gasteiger partial charge on any atom is -0.282 e. The zero-order valence-corrected chi connectivity index (χ0v) is 19.0. The van der Waals surface area contributed by atoms with E-state index in [1.165, 1.54) is 31.2 Å². The first-order valence-corrected chi connectivity index (χ1v) is 12.8. The number of rotatable bonds is 4. The smallest absolute Gasteiger partial charge is 0.282 e. The number of nitrogens with one attached hydrogen (secondary N) is 1. The van der Waals surface area contributed by atoms with Crippen molar-refractivity contribution in [1.29, 1.82) is 0 Å². The van der Waals surface area contributed by atoms with E-state index in [1.54, 1.807) is 36.4 Å². The molecule has 0 saturated carbocycles. The van der Waals surface area contributed by atoms with E-state index in [1.807, 2.05) is 6.07 Å². The molecule has 3 aromatic rings. The topological polar surface area (TPSA) is 150 Å². The van der Waals surface area contributed by atoms with Gasteiger partial charge in [-0.2, -0.15) is 8.42 Å². The molecule has 30 heavy (non-hydrogen) atoms. The number of carbonyl (C=O) groups excluding carboxylic acids is 1. The molecule has 0 aromatic heterocycles. The minimum atomic E-state index is -4.83. The molecule has 1 amide bonds. The fraction of sp³-hybridized carbons (Fsp3) is 0.0556. The van der Waals surface area contributed by atoms with Gasteiger partial charge in [0.25, 0.3) is 10.1 Å². The van der Waals surface area contributed by atoms with Crippen LogP contribution in [0, 0.1) is 0 Å². The van der Waals surface area contributed by atoms with Crippen molar-refractivity contribution in [2.75, 3.05) is 5.32 Å². The van der Waals surface area contributed by atoms with Gasteiger partial charge in [0.1, 0.15) is 4.90 Å². The van der Waals surface area contributed by atoms with Gasteiger partial charge in [-0.3, -0.25) is 4.55 Å². The molecule has 162 valence electrons. The molecule has 1 atom stereocenters. The molecular formula is C18H19AsClNO8S. The summed E-state index contributed by atoms with van der Waals surface area (Å²) in [6, 6.07) is 17.4. The van der Waals surface area contributed by atoms with E-state index in [0.29, 0.717) is 11.1 Å². The molecule has 12 heteroatoms. The molecular weight excluding hydrogens is 501 g/mol. The van der Waals surface area contributed by atoms with Crippen LogP contribution in [0.4, 0.5) is 5.69 Å². The second-order valence-corrected chi connectivity index (χ2v) is 10.8. The second-order valence-electron chi connectivity index (χ2n) is 5.79. The number of carbonyl (C=O) groups is 1. The fourth-order valence-electron chi connectivity index (χ4n) is 2.43. The Bertz CT molecular complexity index is 1180. The van der Waals surface area contributed by atoms with Gasteiger partial charge in [-0.15, -0.1) is 12.4 Å². The number of hydrogen-bond acceptors (Lipinski definition) is 6. The number of anilines is 1. The molecule has 0 saturated heterocycles. The second kappa shape index (κ2) is 10.7. The number of halogens is 1. The summed E-state index contributed by atoms with van der Waals surface area (Å²) in [4.78, 5) is 10.7. The van der Waals surface area contributed by atoms with Gasteiger partial charge in [0.2, 0.25) is 0 Å². The first-order chi connectivity index (χ1) is 13.5. The van der Waals surface area contributed by atoms with E-state index in [0.717, 1.165) is 5.39 Å². The number of fused-ring (bicyclic) bond motifs is 1. The van der Waals surface area contributed by atoms with Crippen molar-refractivity contribution in [2.24, 2.45) is 0 Å². The predicted octanol–water partition coefficient (Wildman–Crippen LogP) is 2.21. The molecule has 0 heterocycles. The van der Waals surface area contributed by atoms with Gasteiger partial charge >= 0.3 is 88.4 Å². The summed E-state index contributed by atoms with van der Waals surface area (Å²) in [7, 11) is -4.13. The maximum atomic E-state index is 11.3. The van der Waals surface area contributed by atoms with Gasteiger partial charge in [-0.05, 0) is 11.5 Å². The van der Waals surface area contributed by atoms with Crippen LogP contribution < -0.4 is 9.67 Å². The van der Waals surface area contributed by atoms with Crippen LogP contribution >= 0.6 is 12.4 Å². The Balaban J connectivity index is 0.000000291. The summed E-state index contributed by atoms with van der Waals surface area (Å²) in [5.41, 5.74) is 0.368. The van der Waals surface area contributed by atoms with E-state index in [4.69, 9.17) is 9.81 Å². The molecule has 3 rings (SSSR count). The Hall–Kier alpha value is -2.17. The van der Waals surface area contributed by atoms with Gasteiger partial charge in [0, 0.05) is 5.39 Å². The van der Waals surface area contributed by atoms with Crippen LogP contribution in [0.5, 0.6) is 0 Å². The zero-order valence-electron chi connectivity index (χ0n) is 15.5. The van der Waals surface area contributed by atoms with Crippen molar-refractivity contribution in [3.8, 4) is 0 Å². The summed E-state index contributed by atoms with van der Waals surface area (Å²) < 4.78 is 54.9. The normalized spacial score (nSPS) is 12.7. The molecule has 0 aliphatic rings. The van der Waals surface area contributed by atoms with Crippen molar-refractivity contribution in [2.45, 2.75) is 11.8 Å². The third-order valence-electron chi connectivity index (χ3n) is 3.63. The van der Waals surface area contributed by atoms with Crippen molar-refractivity contribution < 1.29 is 34.7 Å². The zero-order chi connectivity index (χ0) is 21.7. The first-order valence-electron chi connectivity index (χ1n) is 8.04. The van der Waals surface area contributed by atoms with E-state index in [-0.39, 0.29) is 27.6 Å². The number of amides is 1. The molecule has 4 N–H and O–H groups in total. The molecule has 9 nitrogen and oxygen atoms in total. The average molecular weight is 520 g/mol. The average Bonchev–Trinajstić information content (AvgIpc) is 2.67. The number of hydrogen-bond donors (Lipinski definition) is 4. The Morgan fingerprint density at radius 1 is 1.03 bits per heavy atom. The minimum absolute atomic E-state index is 0. The number of benzene rings is 3. The fourth-order valence-corrected chi connectivity index (χ4v) is 4.55. The van der Waals surface area contributed by atoms with Crippen LogP contribution in [0.15, 0.2) is 71.6 Å². The van der Waals surface area contributed by atoms with Crippen molar-refractivity contribution in [1.82, 2.24) is 0 Å². The van der Waals surface area contributed by atoms with Gasteiger partial charge in [-0.25, -0.2) is 0 Å². The van der Waals surface area contributed by atoms with E-state index >= 15 is 0 Å². The monoisotopic (exact) mass is 519 g/mol. The van der Waals surface area contributed by atoms with Crippen LogP contribution in [0.1, 0.15) is 6.92 Å². The molecule has 1 unspecified atom stereocenters. The van der Waals surface area contributed by atoms with Gasteiger partial charge in [-0.1, -0.05) is 36.4 Å². The van der Waals surface area contributed by atoms with E-state index < -0.39 is 24.3 Å². The summed E-state index contributed by atoms with van der Waals surface area (Å²) in [6.45, 7) is 1.32. The summed E-state index contributed by atoms with van der Waals surface area (Å²) in [6.07, 6.45) is 0. The third kappa shape index (κ3) is 6.96. The molecule has 3 aromatic carbocycles. The Kier molecular flexibility index (Phi) is 9.26. The van der Waals surface area contributed by atoms with Crippen LogP contribution in [0.3, 0.4) is 0 Å². The maximum absolute atomic E-state index is 11.3. The quantitative estimate of drug-likeness (QED) is 0.177. The Morgan fingerprint density at radius 3 is 2.23 bits per heavy atom. The SMILES string of the molecule is CC(=O)Nc1cccc([As](=O)(O)OO)c1.Cl.O=S(=O)(O)c1cccc2ccccc12. The maximum Gasteiger partial charge on any atom is 0.295 e. The Labute approximate surface area is 181 Å². The van der Waals surface area contributed by atoms with Crippen LogP contribution in [0.25, 0.3) is 10.8 Å². The summed E-state index contributed by atoms with van der Waals surface area (Å²) >= 11 is -4.83. The molecule has 0 bridgehead atoms. The van der Waals surface area contributed by atoms with Crippen molar-refractivity contribution in [3.63, 3.8) is 0 Å². The third-order valence-corrected chi connectivity index (χ3v) is 6.96. The van der Waals surface area contributed by atoms with Crippen molar-refractivity contribution >= 4 is 63.4 Å². The van der Waals surface area contributed by atoms with Crippen LogP contribution in [0.2, 0.25) is 0 Å². The predicted molar refractivity (Wildman–Crippen MR) is 114 cm³/mol. The standard InChI is InChI=1S/C10H8O3S.C8H10AsNO5.ClH/c11-14(12,13)10-7-3-5-8-4-1-2-6-9(8)10;1-6(11)10-8-4-2-3-7(5-8)9(12,13)15-14;/h1-7H,(H,11,12,13);2-5,14H,1H3,(H,10,11)(H,12,13);1H. The molecule has 0 spiro atoms. The summed E-state index contributed by atoms with van der Waals surface area (Å²) in [5, 5.41) is 12.0. The van der Waals surface area contributed by atoms with E-state index in [9.17, 15) is 21.0 Å². The molecule has 0 aliphatic heterocycles. The first kappa shape index (κ1) is 25.9.